The van der Waals surface area contributed by atoms with E-state index in [9.17, 15) is 9.90 Å². The predicted molar refractivity (Wildman–Crippen MR) is 168 cm³/mol. The van der Waals surface area contributed by atoms with Crippen molar-refractivity contribution in [2.24, 2.45) is 0 Å². The first kappa shape index (κ1) is 27.2. The fraction of sp³-hybridized carbons (Fsp3) is 0.194. The maximum absolute atomic E-state index is 11.7. The van der Waals surface area contributed by atoms with E-state index in [1.165, 1.54) is 11.1 Å². The topological polar surface area (TPSA) is 72.9 Å². The third kappa shape index (κ3) is 5.48. The van der Waals surface area contributed by atoms with Crippen LogP contribution >= 0.6 is 0 Å². The monoisotopic (exact) mass is 554 g/mol. The van der Waals surface area contributed by atoms with Crippen LogP contribution in [0.3, 0.4) is 0 Å². The Labute approximate surface area is 245 Å². The summed E-state index contributed by atoms with van der Waals surface area (Å²) in [4.78, 5) is 21.6. The standard InChI is InChI=1S/C36H34N4O2/c1-4-7-34-38-35-25(3)18-29(32-22-39(23-37-32)20-26-12-10-24(2)11-13-26)19-33(35)40(34)21-27-14-16-28(17-15-27)30-8-5-6-9-31(30)36(41)42/h5-6,8-19,22-23H,4,7,20-21H2,1-3H3,(H,41,42). The molecular formula is C36H34N4O2. The maximum atomic E-state index is 11.7. The minimum atomic E-state index is -0.921. The van der Waals surface area contributed by atoms with Crippen LogP contribution in [0.1, 0.15) is 51.8 Å². The van der Waals surface area contributed by atoms with Crippen LogP contribution in [0.4, 0.5) is 0 Å². The lowest BCUT2D eigenvalue weighted by molar-refractivity contribution is 0.0697. The first-order chi connectivity index (χ1) is 20.4. The quantitative estimate of drug-likeness (QED) is 0.197. The maximum Gasteiger partial charge on any atom is 0.336 e. The Hall–Kier alpha value is -4.97. The molecule has 0 radical (unpaired) electrons. The van der Waals surface area contributed by atoms with Gasteiger partial charge in [-0.15, -0.1) is 0 Å². The molecule has 0 fully saturated rings. The van der Waals surface area contributed by atoms with Gasteiger partial charge in [-0.3, -0.25) is 0 Å². The molecular weight excluding hydrogens is 520 g/mol. The number of nitrogens with zero attached hydrogens (tertiary/aromatic N) is 4. The first-order valence-electron chi connectivity index (χ1n) is 14.4. The van der Waals surface area contributed by atoms with E-state index < -0.39 is 5.97 Å². The van der Waals surface area contributed by atoms with Gasteiger partial charge in [-0.05, 0) is 66.3 Å². The normalized spacial score (nSPS) is 11.3. The summed E-state index contributed by atoms with van der Waals surface area (Å²) in [5.74, 6) is 0.146. The molecule has 0 amide bonds. The smallest absolute Gasteiger partial charge is 0.336 e. The van der Waals surface area contributed by atoms with Crippen LogP contribution in [0.25, 0.3) is 33.4 Å². The molecule has 2 aromatic heterocycles. The van der Waals surface area contributed by atoms with E-state index in [4.69, 9.17) is 9.97 Å². The molecule has 6 rings (SSSR count). The molecule has 210 valence electrons. The Morgan fingerprint density at radius 2 is 1.57 bits per heavy atom. The molecule has 42 heavy (non-hydrogen) atoms. The van der Waals surface area contributed by atoms with E-state index in [-0.39, 0.29) is 0 Å². The second-order valence-electron chi connectivity index (χ2n) is 11.0. The number of rotatable bonds is 9. The van der Waals surface area contributed by atoms with Crippen molar-refractivity contribution in [2.45, 2.75) is 46.7 Å². The van der Waals surface area contributed by atoms with E-state index in [0.29, 0.717) is 12.1 Å². The van der Waals surface area contributed by atoms with Crippen LogP contribution in [-0.4, -0.2) is 30.2 Å². The molecule has 4 aromatic carbocycles. The molecule has 0 unspecified atom stereocenters. The summed E-state index contributed by atoms with van der Waals surface area (Å²) in [7, 11) is 0. The van der Waals surface area contributed by atoms with Gasteiger partial charge in [0.15, 0.2) is 0 Å². The summed E-state index contributed by atoms with van der Waals surface area (Å²) in [6.07, 6.45) is 5.91. The molecule has 0 saturated carbocycles. The third-order valence-corrected chi connectivity index (χ3v) is 7.78. The Bertz CT molecular complexity index is 1880. The minimum Gasteiger partial charge on any atom is -0.478 e. The number of carbonyl (C=O) groups is 1. The largest absolute Gasteiger partial charge is 0.478 e. The van der Waals surface area contributed by atoms with Gasteiger partial charge in [0.1, 0.15) is 5.82 Å². The third-order valence-electron chi connectivity index (χ3n) is 7.78. The van der Waals surface area contributed by atoms with Gasteiger partial charge < -0.3 is 14.2 Å². The lowest BCUT2D eigenvalue weighted by atomic mass is 9.98. The van der Waals surface area contributed by atoms with Gasteiger partial charge in [0.2, 0.25) is 0 Å². The number of aromatic carboxylic acids is 1. The van der Waals surface area contributed by atoms with Gasteiger partial charge in [0.25, 0.3) is 0 Å². The van der Waals surface area contributed by atoms with Crippen molar-refractivity contribution in [3.05, 3.63) is 131 Å². The van der Waals surface area contributed by atoms with E-state index in [1.54, 1.807) is 12.1 Å². The van der Waals surface area contributed by atoms with Gasteiger partial charge in [-0.25, -0.2) is 14.8 Å². The SMILES string of the molecule is CCCc1nc2c(C)cc(-c3cn(Cc4ccc(C)cc4)cn3)cc2n1Cc1ccc(-c2ccccc2C(=O)O)cc1. The zero-order chi connectivity index (χ0) is 29.2. The Balaban J connectivity index is 1.33. The Morgan fingerprint density at radius 1 is 0.857 bits per heavy atom. The number of fused-ring (bicyclic) bond motifs is 1. The average molecular weight is 555 g/mol. The number of carboxylic acids is 1. The highest BCUT2D eigenvalue weighted by molar-refractivity contribution is 5.96. The zero-order valence-corrected chi connectivity index (χ0v) is 24.2. The van der Waals surface area contributed by atoms with E-state index >= 15 is 0 Å². The van der Waals surface area contributed by atoms with E-state index in [2.05, 4.69) is 84.6 Å². The number of aromatic nitrogens is 4. The summed E-state index contributed by atoms with van der Waals surface area (Å²) in [6, 6.07) is 28.3. The first-order valence-corrected chi connectivity index (χ1v) is 14.4. The van der Waals surface area contributed by atoms with Gasteiger partial charge in [-0.2, -0.15) is 0 Å². The van der Waals surface area contributed by atoms with Crippen LogP contribution < -0.4 is 0 Å². The van der Waals surface area contributed by atoms with Gasteiger partial charge in [0.05, 0.1) is 28.6 Å². The molecule has 0 aliphatic heterocycles. The van der Waals surface area contributed by atoms with Crippen molar-refractivity contribution in [3.8, 4) is 22.4 Å². The van der Waals surface area contributed by atoms with Gasteiger partial charge in [0, 0.05) is 31.3 Å². The highest BCUT2D eigenvalue weighted by Gasteiger charge is 2.16. The van der Waals surface area contributed by atoms with Crippen LogP contribution in [-0.2, 0) is 19.5 Å². The lowest BCUT2D eigenvalue weighted by Gasteiger charge is -2.12. The summed E-state index contributed by atoms with van der Waals surface area (Å²) >= 11 is 0. The van der Waals surface area contributed by atoms with E-state index in [1.807, 2.05) is 30.6 Å². The number of carboxylic acid groups (broad SMARTS) is 1. The van der Waals surface area contributed by atoms with Crippen LogP contribution in [0.5, 0.6) is 0 Å². The molecule has 0 bridgehead atoms. The number of hydrogen-bond donors (Lipinski definition) is 1. The second-order valence-corrected chi connectivity index (χ2v) is 11.0. The number of imidazole rings is 2. The average Bonchev–Trinajstić information content (AvgIpc) is 3.60. The van der Waals surface area contributed by atoms with Gasteiger partial charge in [-0.1, -0.05) is 79.2 Å². The number of hydrogen-bond acceptors (Lipinski definition) is 3. The zero-order valence-electron chi connectivity index (χ0n) is 24.2. The van der Waals surface area contributed by atoms with Crippen molar-refractivity contribution in [3.63, 3.8) is 0 Å². The van der Waals surface area contributed by atoms with Crippen molar-refractivity contribution in [1.82, 2.24) is 19.1 Å². The lowest BCUT2D eigenvalue weighted by Crippen LogP contribution is -2.05. The summed E-state index contributed by atoms with van der Waals surface area (Å²) in [5, 5.41) is 9.62. The van der Waals surface area contributed by atoms with Crippen LogP contribution in [0.15, 0.2) is 97.5 Å². The Morgan fingerprint density at radius 3 is 2.31 bits per heavy atom. The molecule has 0 saturated heterocycles. The molecule has 0 atom stereocenters. The minimum absolute atomic E-state index is 0.306. The second kappa shape index (κ2) is 11.5. The van der Waals surface area contributed by atoms with Gasteiger partial charge >= 0.3 is 5.97 Å². The number of benzene rings is 4. The molecule has 6 aromatic rings. The fourth-order valence-corrected chi connectivity index (χ4v) is 5.57. The Kier molecular flexibility index (Phi) is 7.44. The predicted octanol–water partition coefficient (Wildman–Crippen LogP) is 7.93. The number of aryl methyl sites for hydroxylation is 3. The molecule has 6 heteroatoms. The van der Waals surface area contributed by atoms with Crippen molar-refractivity contribution in [1.29, 1.82) is 0 Å². The van der Waals surface area contributed by atoms with Crippen molar-refractivity contribution >= 4 is 17.0 Å². The summed E-state index contributed by atoms with van der Waals surface area (Å²) in [5.41, 5.74) is 10.8. The van der Waals surface area contributed by atoms with E-state index in [0.717, 1.165) is 69.8 Å². The molecule has 0 spiro atoms. The highest BCUT2D eigenvalue weighted by Crippen LogP contribution is 2.30. The summed E-state index contributed by atoms with van der Waals surface area (Å²) < 4.78 is 4.45. The summed E-state index contributed by atoms with van der Waals surface area (Å²) in [6.45, 7) is 7.86. The fourth-order valence-electron chi connectivity index (χ4n) is 5.57. The van der Waals surface area contributed by atoms with Crippen LogP contribution in [0, 0.1) is 13.8 Å². The van der Waals surface area contributed by atoms with Crippen LogP contribution in [0.2, 0.25) is 0 Å². The molecule has 2 heterocycles. The molecule has 6 nitrogen and oxygen atoms in total. The molecule has 0 aliphatic carbocycles. The molecule has 0 aliphatic rings. The highest BCUT2D eigenvalue weighted by atomic mass is 16.4. The molecule has 1 N–H and O–H groups in total. The van der Waals surface area contributed by atoms with Crippen molar-refractivity contribution < 1.29 is 9.90 Å². The van der Waals surface area contributed by atoms with Crippen molar-refractivity contribution in [2.75, 3.05) is 0 Å².